The molecule has 0 aromatic heterocycles. The molecule has 0 saturated carbocycles. The summed E-state index contributed by atoms with van der Waals surface area (Å²) in [5, 5.41) is 9.64. The fourth-order valence-corrected chi connectivity index (χ4v) is 2.32. The molecule has 19 heavy (non-hydrogen) atoms. The molecule has 5 heteroatoms. The summed E-state index contributed by atoms with van der Waals surface area (Å²) in [5.74, 6) is 0.502. The average molecular weight is 265 g/mol. The third kappa shape index (κ3) is 3.38. The molecule has 1 aliphatic carbocycles. The summed E-state index contributed by atoms with van der Waals surface area (Å²) in [6, 6.07) is 3.37. The summed E-state index contributed by atoms with van der Waals surface area (Å²) < 4.78 is 10.4. The predicted molar refractivity (Wildman–Crippen MR) is 70.2 cm³/mol. The van der Waals surface area contributed by atoms with Gasteiger partial charge in [-0.2, -0.15) is 0 Å². The van der Waals surface area contributed by atoms with Crippen molar-refractivity contribution >= 4 is 5.97 Å². The van der Waals surface area contributed by atoms with Crippen molar-refractivity contribution in [3.8, 4) is 11.5 Å². The van der Waals surface area contributed by atoms with Crippen molar-refractivity contribution in [1.82, 2.24) is 0 Å². The molecule has 0 amide bonds. The Balaban J connectivity index is 1.99. The summed E-state index contributed by atoms with van der Waals surface area (Å²) >= 11 is 0. The number of benzene rings is 1. The number of hydrogen-bond donors (Lipinski definition) is 2. The fraction of sp³-hybridized carbons (Fsp3) is 0.500. The first-order valence-corrected chi connectivity index (χ1v) is 6.49. The molecule has 2 rings (SSSR count). The van der Waals surface area contributed by atoms with E-state index in [4.69, 9.17) is 15.2 Å². The van der Waals surface area contributed by atoms with Gasteiger partial charge in [0.15, 0.2) is 0 Å². The number of phenolic OH excluding ortho intramolecular Hbond substituents is 1. The number of hydrogen-bond acceptors (Lipinski definition) is 5. The highest BCUT2D eigenvalue weighted by molar-refractivity contribution is 5.69. The minimum absolute atomic E-state index is 0.0733. The Labute approximate surface area is 112 Å². The lowest BCUT2D eigenvalue weighted by molar-refractivity contribution is -0.143. The molecule has 5 nitrogen and oxygen atoms in total. The van der Waals surface area contributed by atoms with Gasteiger partial charge in [-0.15, -0.1) is 0 Å². The maximum absolute atomic E-state index is 11.2. The van der Waals surface area contributed by atoms with Crippen molar-refractivity contribution in [3.63, 3.8) is 0 Å². The molecule has 0 bridgehead atoms. The number of ether oxygens (including phenoxy) is 2. The summed E-state index contributed by atoms with van der Waals surface area (Å²) in [6.45, 7) is 2.38. The Morgan fingerprint density at radius 1 is 1.47 bits per heavy atom. The Hall–Kier alpha value is -1.75. The Kier molecular flexibility index (Phi) is 4.27. The summed E-state index contributed by atoms with van der Waals surface area (Å²) in [5.41, 5.74) is 7.97. The quantitative estimate of drug-likeness (QED) is 0.780. The minimum Gasteiger partial charge on any atom is -0.508 e. The maximum atomic E-state index is 11.2. The number of carbonyl (C=O) groups is 1. The predicted octanol–water partition coefficient (Wildman–Crippen LogP) is 1.15. The normalized spacial score (nSPS) is 17.1. The van der Waals surface area contributed by atoms with E-state index in [2.05, 4.69) is 0 Å². The van der Waals surface area contributed by atoms with Crippen LogP contribution >= 0.6 is 0 Å². The Morgan fingerprint density at radius 3 is 3.00 bits per heavy atom. The van der Waals surface area contributed by atoms with Crippen molar-refractivity contribution in [2.45, 2.75) is 32.2 Å². The molecule has 0 fully saturated rings. The highest BCUT2D eigenvalue weighted by Gasteiger charge is 2.23. The number of esters is 1. The van der Waals surface area contributed by atoms with Crippen molar-refractivity contribution in [1.29, 1.82) is 0 Å². The molecular weight excluding hydrogens is 246 g/mol. The van der Waals surface area contributed by atoms with Gasteiger partial charge < -0.3 is 20.3 Å². The third-order valence-corrected chi connectivity index (χ3v) is 3.10. The first-order chi connectivity index (χ1) is 9.10. The zero-order valence-corrected chi connectivity index (χ0v) is 11.0. The maximum Gasteiger partial charge on any atom is 0.309 e. The van der Waals surface area contributed by atoms with E-state index in [0.717, 1.165) is 24.0 Å². The molecule has 3 N–H and O–H groups in total. The van der Waals surface area contributed by atoms with Crippen LogP contribution in [0.15, 0.2) is 12.1 Å². The second-order valence-corrected chi connectivity index (χ2v) is 4.65. The fourth-order valence-electron chi connectivity index (χ4n) is 2.32. The van der Waals surface area contributed by atoms with Crippen LogP contribution in [0.5, 0.6) is 11.5 Å². The number of aromatic hydroxyl groups is 1. The van der Waals surface area contributed by atoms with Crippen molar-refractivity contribution in [2.24, 2.45) is 5.73 Å². The summed E-state index contributed by atoms with van der Waals surface area (Å²) in [4.78, 5) is 11.2. The lowest BCUT2D eigenvalue weighted by Crippen LogP contribution is -2.19. The van der Waals surface area contributed by atoms with Gasteiger partial charge in [-0.3, -0.25) is 4.79 Å². The molecular formula is C14H19NO4. The number of rotatable bonds is 5. The highest BCUT2D eigenvalue weighted by Crippen LogP contribution is 2.34. The van der Waals surface area contributed by atoms with Gasteiger partial charge in [0.2, 0.25) is 0 Å². The lowest BCUT2D eigenvalue weighted by Gasteiger charge is -2.11. The largest absolute Gasteiger partial charge is 0.508 e. The molecule has 0 radical (unpaired) electrons. The molecule has 1 atom stereocenters. The van der Waals surface area contributed by atoms with E-state index in [1.165, 1.54) is 0 Å². The van der Waals surface area contributed by atoms with E-state index in [-0.39, 0.29) is 30.8 Å². The smallest absolute Gasteiger partial charge is 0.309 e. The first kappa shape index (κ1) is 13.7. The van der Waals surface area contributed by atoms with Crippen molar-refractivity contribution in [2.75, 3.05) is 13.2 Å². The first-order valence-electron chi connectivity index (χ1n) is 6.49. The van der Waals surface area contributed by atoms with Crippen LogP contribution in [0.25, 0.3) is 0 Å². The van der Waals surface area contributed by atoms with Gasteiger partial charge in [0.25, 0.3) is 0 Å². The average Bonchev–Trinajstić information content (AvgIpc) is 2.69. The SMILES string of the molecule is CCOC(=O)CCOc1cc(O)cc2c1CC(N)C2. The summed E-state index contributed by atoms with van der Waals surface area (Å²) in [6.07, 6.45) is 1.69. The van der Waals surface area contributed by atoms with Crippen LogP contribution in [0.3, 0.4) is 0 Å². The molecule has 1 aromatic rings. The molecule has 104 valence electrons. The Morgan fingerprint density at radius 2 is 2.26 bits per heavy atom. The zero-order chi connectivity index (χ0) is 13.8. The van der Waals surface area contributed by atoms with Crippen LogP contribution in [0.2, 0.25) is 0 Å². The standard InChI is InChI=1S/C14H19NO4/c1-2-18-14(17)3-4-19-13-8-11(16)6-9-5-10(15)7-12(9)13/h6,8,10,16H,2-5,7,15H2,1H3. The van der Waals surface area contributed by atoms with Crippen LogP contribution in [0.4, 0.5) is 0 Å². The topological polar surface area (TPSA) is 81.8 Å². The van der Waals surface area contributed by atoms with Crippen LogP contribution in [0, 0.1) is 0 Å². The van der Waals surface area contributed by atoms with Gasteiger partial charge in [-0.25, -0.2) is 0 Å². The number of fused-ring (bicyclic) bond motifs is 1. The highest BCUT2D eigenvalue weighted by atomic mass is 16.5. The number of phenols is 1. The van der Waals surface area contributed by atoms with E-state index < -0.39 is 0 Å². The molecule has 0 spiro atoms. The minimum atomic E-state index is -0.281. The number of nitrogens with two attached hydrogens (primary N) is 1. The summed E-state index contributed by atoms with van der Waals surface area (Å²) in [7, 11) is 0. The molecule has 0 heterocycles. The van der Waals surface area contributed by atoms with Crippen LogP contribution in [-0.4, -0.2) is 30.3 Å². The molecule has 0 saturated heterocycles. The van der Waals surface area contributed by atoms with Crippen LogP contribution < -0.4 is 10.5 Å². The van der Waals surface area contributed by atoms with Gasteiger partial charge in [0.05, 0.1) is 19.6 Å². The van der Waals surface area contributed by atoms with Crippen LogP contribution in [-0.2, 0) is 22.4 Å². The molecule has 0 aliphatic heterocycles. The van der Waals surface area contributed by atoms with Gasteiger partial charge in [-0.1, -0.05) is 0 Å². The third-order valence-electron chi connectivity index (χ3n) is 3.10. The van der Waals surface area contributed by atoms with E-state index >= 15 is 0 Å². The zero-order valence-electron chi connectivity index (χ0n) is 11.0. The van der Waals surface area contributed by atoms with E-state index in [9.17, 15) is 9.90 Å². The van der Waals surface area contributed by atoms with Crippen molar-refractivity contribution < 1.29 is 19.4 Å². The molecule has 1 unspecified atom stereocenters. The van der Waals surface area contributed by atoms with Gasteiger partial charge >= 0.3 is 5.97 Å². The van der Waals surface area contributed by atoms with E-state index in [0.29, 0.717) is 12.4 Å². The van der Waals surface area contributed by atoms with Crippen molar-refractivity contribution in [3.05, 3.63) is 23.3 Å². The monoisotopic (exact) mass is 265 g/mol. The second-order valence-electron chi connectivity index (χ2n) is 4.65. The van der Waals surface area contributed by atoms with Gasteiger partial charge in [-0.05, 0) is 37.0 Å². The Bertz CT molecular complexity index is 473. The van der Waals surface area contributed by atoms with Gasteiger partial charge in [0, 0.05) is 12.1 Å². The van der Waals surface area contributed by atoms with Crippen LogP contribution in [0.1, 0.15) is 24.5 Å². The van der Waals surface area contributed by atoms with E-state index in [1.54, 1.807) is 19.1 Å². The lowest BCUT2D eigenvalue weighted by atomic mass is 10.1. The molecule has 1 aromatic carbocycles. The number of carbonyl (C=O) groups excluding carboxylic acids is 1. The van der Waals surface area contributed by atoms with E-state index in [1.807, 2.05) is 0 Å². The van der Waals surface area contributed by atoms with Gasteiger partial charge in [0.1, 0.15) is 11.5 Å². The molecule has 1 aliphatic rings. The second kappa shape index (κ2) is 5.93.